The Morgan fingerprint density at radius 3 is 1.67 bits per heavy atom. The van der Waals surface area contributed by atoms with Crippen LogP contribution in [0.25, 0.3) is 0 Å². The minimum Gasteiger partial charge on any atom is -0.478 e. The smallest absolute Gasteiger partial charge is 0.263 e. The van der Waals surface area contributed by atoms with Crippen molar-refractivity contribution in [3.05, 3.63) is 102 Å². The zero-order valence-corrected chi connectivity index (χ0v) is 26.6. The molecular weight excluding hydrogens is 544 g/mol. The molecule has 0 heterocycles. The van der Waals surface area contributed by atoms with Crippen LogP contribution in [0.5, 0.6) is 5.75 Å². The molecule has 1 aromatic carbocycles. The second kappa shape index (κ2) is 24.3. The van der Waals surface area contributed by atoms with Crippen LogP contribution >= 0.6 is 11.6 Å². The lowest BCUT2D eigenvalue weighted by molar-refractivity contribution is -0.134. The van der Waals surface area contributed by atoms with E-state index in [4.69, 9.17) is 16.3 Å². The topological polar surface area (TPSA) is 67.4 Å². The van der Waals surface area contributed by atoms with Gasteiger partial charge in [0.2, 0.25) is 5.91 Å². The van der Waals surface area contributed by atoms with Crippen LogP contribution in [0, 0.1) is 0 Å². The van der Waals surface area contributed by atoms with Crippen molar-refractivity contribution in [2.45, 2.75) is 90.6 Å². The number of allylic oxidation sites excluding steroid dienone is 12. The maximum atomic E-state index is 12.5. The van der Waals surface area contributed by atoms with E-state index in [1.165, 1.54) is 0 Å². The molecule has 1 aromatic rings. The van der Waals surface area contributed by atoms with Crippen LogP contribution in [-0.2, 0) is 9.59 Å². The second-order valence-electron chi connectivity index (χ2n) is 10.3. The molecule has 2 N–H and O–H groups in total. The predicted octanol–water partition coefficient (Wildman–Crippen LogP) is 8.99. The number of hydrogen-bond donors (Lipinski definition) is 2. The van der Waals surface area contributed by atoms with Gasteiger partial charge in [-0.25, -0.2) is 0 Å². The molecule has 0 saturated carbocycles. The Morgan fingerprint density at radius 1 is 0.714 bits per heavy atom. The van der Waals surface area contributed by atoms with Gasteiger partial charge in [0.25, 0.3) is 5.91 Å². The first-order valence-electron chi connectivity index (χ1n) is 15.2. The lowest BCUT2D eigenvalue weighted by atomic mass is 10.1. The molecule has 0 unspecified atom stereocenters. The number of rotatable bonds is 22. The van der Waals surface area contributed by atoms with E-state index in [9.17, 15) is 9.59 Å². The van der Waals surface area contributed by atoms with Crippen molar-refractivity contribution in [1.82, 2.24) is 10.6 Å². The zero-order valence-electron chi connectivity index (χ0n) is 25.8. The van der Waals surface area contributed by atoms with E-state index in [1.807, 2.05) is 0 Å². The Morgan fingerprint density at radius 2 is 1.17 bits per heavy atom. The molecule has 0 aliphatic rings. The molecule has 0 bridgehead atoms. The summed E-state index contributed by atoms with van der Waals surface area (Å²) in [4.78, 5) is 24.5. The summed E-state index contributed by atoms with van der Waals surface area (Å²) in [6.45, 7) is 6.74. The van der Waals surface area contributed by atoms with E-state index in [0.29, 0.717) is 30.3 Å². The van der Waals surface area contributed by atoms with Gasteiger partial charge in [-0.1, -0.05) is 91.4 Å². The number of carbonyl (C=O) groups is 2. The summed E-state index contributed by atoms with van der Waals surface area (Å²) in [6, 6.07) is 6.93. The van der Waals surface area contributed by atoms with E-state index >= 15 is 0 Å². The zero-order chi connectivity index (χ0) is 30.7. The number of amides is 2. The molecule has 5 nitrogen and oxygen atoms in total. The Bertz CT molecular complexity index is 1050. The monoisotopic (exact) mass is 594 g/mol. The molecule has 0 atom stereocenters. The highest BCUT2D eigenvalue weighted by Crippen LogP contribution is 2.21. The van der Waals surface area contributed by atoms with Crippen molar-refractivity contribution < 1.29 is 14.3 Å². The summed E-state index contributed by atoms with van der Waals surface area (Å²) in [6.07, 6.45) is 34.7. The SMILES string of the molecule is CCC=CCC=CCC=CCC=CCC=CCC=CCCC(=O)NCCCCNC(=O)C(C)(C)Oc1ccc(Cl)cc1. The van der Waals surface area contributed by atoms with Gasteiger partial charge in [0.15, 0.2) is 5.60 Å². The van der Waals surface area contributed by atoms with Gasteiger partial charge in [-0.2, -0.15) is 0 Å². The number of carbonyl (C=O) groups excluding carboxylic acids is 2. The molecule has 0 aliphatic heterocycles. The summed E-state index contributed by atoms with van der Waals surface area (Å²) in [7, 11) is 0. The van der Waals surface area contributed by atoms with Crippen LogP contribution in [-0.4, -0.2) is 30.5 Å². The van der Waals surface area contributed by atoms with Crippen LogP contribution in [0.3, 0.4) is 0 Å². The molecule has 2 amide bonds. The highest BCUT2D eigenvalue weighted by atomic mass is 35.5. The van der Waals surface area contributed by atoms with Crippen LogP contribution in [0.1, 0.15) is 85.0 Å². The molecule has 1 rings (SSSR count). The fraction of sp³-hybridized carbons (Fsp3) is 0.444. The van der Waals surface area contributed by atoms with Crippen molar-refractivity contribution in [2.75, 3.05) is 13.1 Å². The molecule has 0 spiro atoms. The Labute approximate surface area is 259 Å². The Kier molecular flexibility index (Phi) is 21.2. The maximum Gasteiger partial charge on any atom is 0.263 e. The molecule has 42 heavy (non-hydrogen) atoms. The van der Waals surface area contributed by atoms with Crippen LogP contribution in [0.4, 0.5) is 0 Å². The van der Waals surface area contributed by atoms with Gasteiger partial charge < -0.3 is 15.4 Å². The minimum absolute atomic E-state index is 0.0519. The molecule has 0 radical (unpaired) electrons. The van der Waals surface area contributed by atoms with Gasteiger partial charge >= 0.3 is 0 Å². The number of ether oxygens (including phenoxy) is 1. The van der Waals surface area contributed by atoms with Gasteiger partial charge in [-0.15, -0.1) is 0 Å². The van der Waals surface area contributed by atoms with Gasteiger partial charge in [0.05, 0.1) is 0 Å². The van der Waals surface area contributed by atoms with Crippen molar-refractivity contribution in [1.29, 1.82) is 0 Å². The maximum absolute atomic E-state index is 12.5. The molecular formula is C36H51ClN2O3. The van der Waals surface area contributed by atoms with E-state index in [-0.39, 0.29) is 11.8 Å². The van der Waals surface area contributed by atoms with Crippen molar-refractivity contribution in [3.8, 4) is 5.75 Å². The fourth-order valence-electron chi connectivity index (χ4n) is 3.68. The lowest BCUT2D eigenvalue weighted by Gasteiger charge is -2.25. The largest absolute Gasteiger partial charge is 0.478 e. The molecule has 0 saturated heterocycles. The van der Waals surface area contributed by atoms with E-state index < -0.39 is 5.60 Å². The number of hydrogen-bond acceptors (Lipinski definition) is 3. The molecule has 6 heteroatoms. The second-order valence-corrected chi connectivity index (χ2v) is 10.8. The summed E-state index contributed by atoms with van der Waals surface area (Å²) in [5.74, 6) is 0.459. The highest BCUT2D eigenvalue weighted by molar-refractivity contribution is 6.30. The third kappa shape index (κ3) is 20.5. The standard InChI is InChI=1S/C36H51ClN2O3/c1-4-5-6-7-8-9-10-11-12-13-14-15-16-17-18-19-20-21-22-25-34(40)38-30-23-24-31-39-35(41)36(2,3)42-33-28-26-32(37)27-29-33/h5-6,8-9,11-12,14-15,17-18,20-21,26-29H,4,7,10,13,16,19,22-25,30-31H2,1-3H3,(H,38,40)(H,39,41). The molecule has 0 fully saturated rings. The third-order valence-corrected chi connectivity index (χ3v) is 6.33. The third-order valence-electron chi connectivity index (χ3n) is 6.08. The molecule has 230 valence electrons. The molecule has 0 aliphatic carbocycles. The predicted molar refractivity (Wildman–Crippen MR) is 179 cm³/mol. The normalized spacial score (nSPS) is 12.6. The summed E-state index contributed by atoms with van der Waals surface area (Å²) < 4.78 is 5.80. The van der Waals surface area contributed by atoms with Gasteiger partial charge in [-0.05, 0) is 95.9 Å². The average Bonchev–Trinajstić information content (AvgIpc) is 2.97. The quantitative estimate of drug-likeness (QED) is 0.104. The molecule has 0 aromatic heterocycles. The van der Waals surface area contributed by atoms with E-state index in [0.717, 1.165) is 57.8 Å². The van der Waals surface area contributed by atoms with Crippen molar-refractivity contribution in [2.24, 2.45) is 0 Å². The van der Waals surface area contributed by atoms with Crippen molar-refractivity contribution in [3.63, 3.8) is 0 Å². The summed E-state index contributed by atoms with van der Waals surface area (Å²) in [5.41, 5.74) is -0.997. The Balaban J connectivity index is 2.00. The average molecular weight is 595 g/mol. The first-order chi connectivity index (χ1) is 20.3. The number of unbranched alkanes of at least 4 members (excludes halogenated alkanes) is 1. The van der Waals surface area contributed by atoms with Gasteiger partial charge in [-0.3, -0.25) is 9.59 Å². The van der Waals surface area contributed by atoms with Crippen LogP contribution < -0.4 is 15.4 Å². The van der Waals surface area contributed by atoms with Gasteiger partial charge in [0.1, 0.15) is 5.75 Å². The van der Waals surface area contributed by atoms with Gasteiger partial charge in [0, 0.05) is 24.5 Å². The van der Waals surface area contributed by atoms with E-state index in [2.05, 4.69) is 90.5 Å². The number of nitrogens with one attached hydrogen (secondary N) is 2. The minimum atomic E-state index is -0.997. The first kappa shape index (κ1) is 36.7. The van der Waals surface area contributed by atoms with Crippen molar-refractivity contribution >= 4 is 23.4 Å². The summed E-state index contributed by atoms with van der Waals surface area (Å²) >= 11 is 5.89. The summed E-state index contributed by atoms with van der Waals surface area (Å²) in [5, 5.41) is 6.47. The van der Waals surface area contributed by atoms with E-state index in [1.54, 1.807) is 38.1 Å². The Hall–Kier alpha value is -3.31. The number of benzene rings is 1. The van der Waals surface area contributed by atoms with Crippen LogP contribution in [0.2, 0.25) is 5.02 Å². The van der Waals surface area contributed by atoms with Crippen LogP contribution in [0.15, 0.2) is 97.2 Å². The number of halogens is 1. The first-order valence-corrected chi connectivity index (χ1v) is 15.6. The lowest BCUT2D eigenvalue weighted by Crippen LogP contribution is -2.46. The highest BCUT2D eigenvalue weighted by Gasteiger charge is 2.29. The fourth-order valence-corrected chi connectivity index (χ4v) is 3.80.